The third-order valence-electron chi connectivity index (χ3n) is 3.50. The minimum atomic E-state index is -0.604. The van der Waals surface area contributed by atoms with Crippen LogP contribution >= 0.6 is 15.9 Å². The van der Waals surface area contributed by atoms with Crippen LogP contribution in [-0.2, 0) is 0 Å². The summed E-state index contributed by atoms with van der Waals surface area (Å²) in [6, 6.07) is 26.0. The Kier molecular flexibility index (Phi) is 4.18. The van der Waals surface area contributed by atoms with Crippen molar-refractivity contribution >= 4 is 15.9 Å². The van der Waals surface area contributed by atoms with Gasteiger partial charge in [-0.3, -0.25) is 0 Å². The molecule has 3 aromatic carbocycles. The molecule has 0 saturated carbocycles. The van der Waals surface area contributed by atoms with Gasteiger partial charge in [-0.2, -0.15) is 0 Å². The zero-order valence-corrected chi connectivity index (χ0v) is 13.0. The highest BCUT2D eigenvalue weighted by Gasteiger charge is 2.10. The van der Waals surface area contributed by atoms with E-state index in [4.69, 9.17) is 0 Å². The summed E-state index contributed by atoms with van der Waals surface area (Å²) in [4.78, 5) is 0. The van der Waals surface area contributed by atoms with Crippen LogP contribution in [0.1, 0.15) is 17.2 Å². The summed E-state index contributed by atoms with van der Waals surface area (Å²) in [5.74, 6) is 0. The third kappa shape index (κ3) is 3.23. The summed E-state index contributed by atoms with van der Waals surface area (Å²) >= 11 is 3.43. The molecule has 3 rings (SSSR count). The molecule has 1 atom stereocenters. The summed E-state index contributed by atoms with van der Waals surface area (Å²) < 4.78 is 0.972. The van der Waals surface area contributed by atoms with Gasteiger partial charge >= 0.3 is 0 Å². The van der Waals surface area contributed by atoms with Crippen LogP contribution in [0.15, 0.2) is 83.3 Å². The molecule has 2 heteroatoms. The first-order valence-electron chi connectivity index (χ1n) is 6.83. The molecule has 1 N–H and O–H groups in total. The van der Waals surface area contributed by atoms with Gasteiger partial charge in [-0.1, -0.05) is 82.7 Å². The number of benzene rings is 3. The molecule has 0 aliphatic rings. The highest BCUT2D eigenvalue weighted by molar-refractivity contribution is 9.10. The maximum atomic E-state index is 10.5. The van der Waals surface area contributed by atoms with Crippen LogP contribution in [0.4, 0.5) is 0 Å². The Morgan fingerprint density at radius 1 is 0.667 bits per heavy atom. The summed E-state index contributed by atoms with van der Waals surface area (Å²) in [6.45, 7) is 0. The molecule has 0 fully saturated rings. The van der Waals surface area contributed by atoms with Crippen LogP contribution < -0.4 is 0 Å². The maximum absolute atomic E-state index is 10.5. The molecule has 0 aliphatic heterocycles. The maximum Gasteiger partial charge on any atom is 0.104 e. The lowest BCUT2D eigenvalue weighted by molar-refractivity contribution is 0.220. The van der Waals surface area contributed by atoms with Crippen molar-refractivity contribution in [2.45, 2.75) is 6.10 Å². The van der Waals surface area contributed by atoms with Crippen LogP contribution in [0.2, 0.25) is 0 Å². The van der Waals surface area contributed by atoms with Crippen LogP contribution in [0.5, 0.6) is 0 Å². The summed E-state index contributed by atoms with van der Waals surface area (Å²) in [7, 11) is 0. The summed E-state index contributed by atoms with van der Waals surface area (Å²) in [5, 5.41) is 10.5. The molecule has 0 spiro atoms. The van der Waals surface area contributed by atoms with E-state index in [1.807, 2.05) is 66.7 Å². The predicted octanol–water partition coefficient (Wildman–Crippen LogP) is 5.20. The minimum Gasteiger partial charge on any atom is -0.384 e. The Morgan fingerprint density at radius 3 is 2.00 bits per heavy atom. The molecule has 0 amide bonds. The average Bonchev–Trinajstić information content (AvgIpc) is 2.55. The zero-order chi connectivity index (χ0) is 14.7. The van der Waals surface area contributed by atoms with Crippen molar-refractivity contribution in [2.75, 3.05) is 0 Å². The zero-order valence-electron chi connectivity index (χ0n) is 11.4. The van der Waals surface area contributed by atoms with Gasteiger partial charge in [-0.15, -0.1) is 0 Å². The smallest absolute Gasteiger partial charge is 0.104 e. The average molecular weight is 339 g/mol. The quantitative estimate of drug-likeness (QED) is 0.696. The van der Waals surface area contributed by atoms with Crippen molar-refractivity contribution in [3.8, 4) is 11.1 Å². The Labute approximate surface area is 133 Å². The first kappa shape index (κ1) is 14.1. The number of rotatable bonds is 3. The Bertz CT molecular complexity index is 720. The standard InChI is InChI=1S/C19H15BrO/c20-18-8-4-7-17(13-18)19(21)16-11-9-15(10-12-16)14-5-2-1-3-6-14/h1-13,19,21H. The van der Waals surface area contributed by atoms with E-state index in [0.717, 1.165) is 21.2 Å². The Balaban J connectivity index is 1.87. The van der Waals surface area contributed by atoms with E-state index in [9.17, 15) is 5.11 Å². The summed E-state index contributed by atoms with van der Waals surface area (Å²) in [6.07, 6.45) is -0.604. The second kappa shape index (κ2) is 6.25. The fourth-order valence-corrected chi connectivity index (χ4v) is 2.77. The minimum absolute atomic E-state index is 0.604. The lowest BCUT2D eigenvalue weighted by atomic mass is 9.98. The molecule has 0 saturated heterocycles. The van der Waals surface area contributed by atoms with Gasteiger partial charge in [0.05, 0.1) is 0 Å². The van der Waals surface area contributed by atoms with Crippen molar-refractivity contribution in [3.05, 3.63) is 94.5 Å². The monoisotopic (exact) mass is 338 g/mol. The summed E-state index contributed by atoms with van der Waals surface area (Å²) in [5.41, 5.74) is 4.12. The van der Waals surface area contributed by atoms with Crippen LogP contribution in [0.25, 0.3) is 11.1 Å². The molecule has 104 valence electrons. The van der Waals surface area contributed by atoms with Gasteiger partial charge in [0.15, 0.2) is 0 Å². The van der Waals surface area contributed by atoms with Crippen LogP contribution in [0, 0.1) is 0 Å². The Morgan fingerprint density at radius 2 is 1.33 bits per heavy atom. The highest BCUT2D eigenvalue weighted by Crippen LogP contribution is 2.26. The number of hydrogen-bond donors (Lipinski definition) is 1. The van der Waals surface area contributed by atoms with Crippen LogP contribution in [-0.4, -0.2) is 5.11 Å². The molecule has 0 radical (unpaired) electrons. The molecule has 1 unspecified atom stereocenters. The lowest BCUT2D eigenvalue weighted by Gasteiger charge is -2.12. The first-order chi connectivity index (χ1) is 10.2. The van der Waals surface area contributed by atoms with Crippen molar-refractivity contribution < 1.29 is 5.11 Å². The molecule has 21 heavy (non-hydrogen) atoms. The molecular weight excluding hydrogens is 324 g/mol. The largest absolute Gasteiger partial charge is 0.384 e. The van der Waals surface area contributed by atoms with E-state index in [2.05, 4.69) is 28.1 Å². The number of aliphatic hydroxyl groups is 1. The van der Waals surface area contributed by atoms with Gasteiger partial charge in [-0.05, 0) is 34.4 Å². The van der Waals surface area contributed by atoms with E-state index in [1.54, 1.807) is 0 Å². The van der Waals surface area contributed by atoms with Gasteiger partial charge in [0.2, 0.25) is 0 Å². The fraction of sp³-hybridized carbons (Fsp3) is 0.0526. The van der Waals surface area contributed by atoms with Crippen molar-refractivity contribution in [2.24, 2.45) is 0 Å². The number of hydrogen-bond acceptors (Lipinski definition) is 1. The van der Waals surface area contributed by atoms with Gasteiger partial charge < -0.3 is 5.11 Å². The second-order valence-electron chi connectivity index (χ2n) is 4.95. The molecule has 0 bridgehead atoms. The van der Waals surface area contributed by atoms with Gasteiger partial charge in [0, 0.05) is 4.47 Å². The SMILES string of the molecule is OC(c1ccc(-c2ccccc2)cc1)c1cccc(Br)c1. The highest BCUT2D eigenvalue weighted by atomic mass is 79.9. The topological polar surface area (TPSA) is 20.2 Å². The van der Waals surface area contributed by atoms with Crippen molar-refractivity contribution in [1.82, 2.24) is 0 Å². The van der Waals surface area contributed by atoms with E-state index < -0.39 is 6.10 Å². The number of aliphatic hydroxyl groups excluding tert-OH is 1. The Hall–Kier alpha value is -1.90. The van der Waals surface area contributed by atoms with E-state index in [0.29, 0.717) is 0 Å². The molecule has 0 aromatic heterocycles. The number of halogens is 1. The van der Waals surface area contributed by atoms with Gasteiger partial charge in [0.25, 0.3) is 0 Å². The van der Waals surface area contributed by atoms with Gasteiger partial charge in [0.1, 0.15) is 6.10 Å². The molecule has 0 heterocycles. The van der Waals surface area contributed by atoms with Gasteiger partial charge in [-0.25, -0.2) is 0 Å². The molecular formula is C19H15BrO. The second-order valence-corrected chi connectivity index (χ2v) is 5.86. The lowest BCUT2D eigenvalue weighted by Crippen LogP contribution is -1.99. The van der Waals surface area contributed by atoms with E-state index in [-0.39, 0.29) is 0 Å². The predicted molar refractivity (Wildman–Crippen MR) is 90.1 cm³/mol. The normalized spacial score (nSPS) is 12.1. The van der Waals surface area contributed by atoms with Crippen molar-refractivity contribution in [1.29, 1.82) is 0 Å². The molecule has 3 aromatic rings. The molecule has 1 nitrogen and oxygen atoms in total. The fourth-order valence-electron chi connectivity index (χ4n) is 2.36. The molecule has 0 aliphatic carbocycles. The van der Waals surface area contributed by atoms with E-state index >= 15 is 0 Å². The third-order valence-corrected chi connectivity index (χ3v) is 3.99. The van der Waals surface area contributed by atoms with E-state index in [1.165, 1.54) is 5.56 Å². The van der Waals surface area contributed by atoms with Crippen molar-refractivity contribution in [3.63, 3.8) is 0 Å². The first-order valence-corrected chi connectivity index (χ1v) is 7.62. The van der Waals surface area contributed by atoms with Crippen LogP contribution in [0.3, 0.4) is 0 Å².